The molecule has 0 bridgehead atoms. The number of benzene rings is 2. The van der Waals surface area contributed by atoms with Gasteiger partial charge in [0.05, 0.1) is 5.92 Å². The average Bonchev–Trinajstić information content (AvgIpc) is 2.94. The first kappa shape index (κ1) is 18.7. The Bertz CT molecular complexity index is 628. The summed E-state index contributed by atoms with van der Waals surface area (Å²) >= 11 is 0. The number of amides is 1. The van der Waals surface area contributed by atoms with E-state index in [1.54, 1.807) is 0 Å². The van der Waals surface area contributed by atoms with E-state index in [1.165, 1.54) is 25.7 Å². The molecule has 1 heterocycles. The molecule has 0 spiro atoms. The Morgan fingerprint density at radius 3 is 2.15 bits per heavy atom. The molecule has 1 unspecified atom stereocenters. The minimum Gasteiger partial charge on any atom is -0.342 e. The number of likely N-dealkylation sites (tertiary alicyclic amines) is 1. The summed E-state index contributed by atoms with van der Waals surface area (Å²) in [6.45, 7) is 4.07. The molecule has 0 aliphatic carbocycles. The van der Waals surface area contributed by atoms with Crippen LogP contribution in [0.3, 0.4) is 0 Å². The molecular formula is C24H31NO. The Morgan fingerprint density at radius 2 is 1.58 bits per heavy atom. The molecule has 1 aliphatic heterocycles. The van der Waals surface area contributed by atoms with E-state index in [0.29, 0.717) is 0 Å². The van der Waals surface area contributed by atoms with E-state index >= 15 is 0 Å². The average molecular weight is 350 g/mol. The van der Waals surface area contributed by atoms with Crippen LogP contribution in [-0.2, 0) is 4.79 Å². The lowest BCUT2D eigenvalue weighted by atomic mass is 9.90. The molecular weight excluding hydrogens is 318 g/mol. The van der Waals surface area contributed by atoms with Gasteiger partial charge in [0.2, 0.25) is 5.91 Å². The lowest BCUT2D eigenvalue weighted by molar-refractivity contribution is -0.131. The molecule has 2 nitrogen and oxygen atoms in total. The van der Waals surface area contributed by atoms with Crippen LogP contribution in [0.1, 0.15) is 62.5 Å². The summed E-state index contributed by atoms with van der Waals surface area (Å²) in [5.41, 5.74) is 2.19. The van der Waals surface area contributed by atoms with Crippen molar-refractivity contribution in [3.8, 4) is 0 Å². The molecule has 0 aromatic heterocycles. The fraction of sp³-hybridized carbons (Fsp3) is 0.458. The molecule has 1 amide bonds. The molecule has 0 saturated carbocycles. The smallest absolute Gasteiger partial charge is 0.234 e. The SMILES string of the molecule is CCCCC1CCCN(C(=O)C(c2ccccc2)c2ccccc2)CC1. The summed E-state index contributed by atoms with van der Waals surface area (Å²) in [6.07, 6.45) is 7.46. The van der Waals surface area contributed by atoms with Gasteiger partial charge in [-0.3, -0.25) is 4.79 Å². The van der Waals surface area contributed by atoms with Crippen molar-refractivity contribution in [2.45, 2.75) is 51.4 Å². The van der Waals surface area contributed by atoms with Gasteiger partial charge < -0.3 is 4.90 Å². The van der Waals surface area contributed by atoms with Crippen molar-refractivity contribution in [3.63, 3.8) is 0 Å². The van der Waals surface area contributed by atoms with Crippen LogP contribution in [0.2, 0.25) is 0 Å². The van der Waals surface area contributed by atoms with E-state index in [4.69, 9.17) is 0 Å². The zero-order chi connectivity index (χ0) is 18.2. The fourth-order valence-electron chi connectivity index (χ4n) is 4.12. The predicted octanol–water partition coefficient (Wildman–Crippen LogP) is 5.64. The molecule has 2 heteroatoms. The molecule has 2 aromatic rings. The summed E-state index contributed by atoms with van der Waals surface area (Å²) < 4.78 is 0. The van der Waals surface area contributed by atoms with E-state index in [1.807, 2.05) is 36.4 Å². The summed E-state index contributed by atoms with van der Waals surface area (Å²) in [4.78, 5) is 15.6. The lowest BCUT2D eigenvalue weighted by Gasteiger charge is -2.27. The van der Waals surface area contributed by atoms with Crippen LogP contribution < -0.4 is 0 Å². The maximum Gasteiger partial charge on any atom is 0.234 e. The van der Waals surface area contributed by atoms with Gasteiger partial charge in [0.15, 0.2) is 0 Å². The van der Waals surface area contributed by atoms with Gasteiger partial charge in [-0.1, -0.05) is 86.8 Å². The molecule has 2 aromatic carbocycles. The molecule has 26 heavy (non-hydrogen) atoms. The Kier molecular flexibility index (Phi) is 6.88. The van der Waals surface area contributed by atoms with Crippen LogP contribution in [0, 0.1) is 5.92 Å². The molecule has 0 N–H and O–H groups in total. The molecule has 1 saturated heterocycles. The van der Waals surface area contributed by atoms with Crippen molar-refractivity contribution in [1.82, 2.24) is 4.90 Å². The third-order valence-corrected chi connectivity index (χ3v) is 5.64. The Hall–Kier alpha value is -2.09. The second-order valence-corrected chi connectivity index (χ2v) is 7.52. The number of rotatable bonds is 6. The van der Waals surface area contributed by atoms with E-state index in [-0.39, 0.29) is 11.8 Å². The maximum absolute atomic E-state index is 13.5. The summed E-state index contributed by atoms with van der Waals surface area (Å²) in [5.74, 6) is 0.864. The van der Waals surface area contributed by atoms with Crippen LogP contribution in [-0.4, -0.2) is 23.9 Å². The van der Waals surface area contributed by atoms with Crippen molar-refractivity contribution in [3.05, 3.63) is 71.8 Å². The molecule has 1 atom stereocenters. The monoisotopic (exact) mass is 349 g/mol. The highest BCUT2D eigenvalue weighted by molar-refractivity contribution is 5.87. The Labute approximate surface area is 158 Å². The van der Waals surface area contributed by atoms with Gasteiger partial charge in [-0.05, 0) is 36.3 Å². The predicted molar refractivity (Wildman–Crippen MR) is 108 cm³/mol. The molecule has 0 radical (unpaired) electrons. The number of unbranched alkanes of at least 4 members (excludes halogenated alkanes) is 1. The number of hydrogen-bond donors (Lipinski definition) is 0. The summed E-state index contributed by atoms with van der Waals surface area (Å²) in [6, 6.07) is 20.5. The molecule has 3 rings (SSSR count). The zero-order valence-electron chi connectivity index (χ0n) is 15.9. The Morgan fingerprint density at radius 1 is 0.962 bits per heavy atom. The van der Waals surface area contributed by atoms with Crippen molar-refractivity contribution >= 4 is 5.91 Å². The molecule has 1 aliphatic rings. The zero-order valence-corrected chi connectivity index (χ0v) is 15.9. The van der Waals surface area contributed by atoms with Crippen LogP contribution in [0.5, 0.6) is 0 Å². The van der Waals surface area contributed by atoms with Crippen LogP contribution in [0.15, 0.2) is 60.7 Å². The van der Waals surface area contributed by atoms with Gasteiger partial charge in [0.1, 0.15) is 0 Å². The van der Waals surface area contributed by atoms with Gasteiger partial charge >= 0.3 is 0 Å². The highest BCUT2D eigenvalue weighted by Gasteiger charge is 2.29. The molecule has 138 valence electrons. The number of carbonyl (C=O) groups excluding carboxylic acids is 1. The third-order valence-electron chi connectivity index (χ3n) is 5.64. The van der Waals surface area contributed by atoms with Crippen molar-refractivity contribution in [2.24, 2.45) is 5.92 Å². The van der Waals surface area contributed by atoms with Crippen molar-refractivity contribution in [1.29, 1.82) is 0 Å². The second-order valence-electron chi connectivity index (χ2n) is 7.52. The Balaban J connectivity index is 1.78. The van der Waals surface area contributed by atoms with Crippen LogP contribution in [0.4, 0.5) is 0 Å². The van der Waals surface area contributed by atoms with Gasteiger partial charge in [-0.25, -0.2) is 0 Å². The minimum atomic E-state index is -0.190. The van der Waals surface area contributed by atoms with E-state index < -0.39 is 0 Å². The second kappa shape index (κ2) is 9.56. The third kappa shape index (κ3) is 4.75. The van der Waals surface area contributed by atoms with E-state index in [9.17, 15) is 4.79 Å². The highest BCUT2D eigenvalue weighted by Crippen LogP contribution is 2.29. The number of nitrogens with zero attached hydrogens (tertiary/aromatic N) is 1. The first-order chi connectivity index (χ1) is 12.8. The maximum atomic E-state index is 13.5. The molecule has 1 fully saturated rings. The van der Waals surface area contributed by atoms with E-state index in [0.717, 1.165) is 43.0 Å². The number of hydrogen-bond acceptors (Lipinski definition) is 1. The van der Waals surface area contributed by atoms with Gasteiger partial charge in [0.25, 0.3) is 0 Å². The summed E-state index contributed by atoms with van der Waals surface area (Å²) in [7, 11) is 0. The van der Waals surface area contributed by atoms with Gasteiger partial charge in [-0.2, -0.15) is 0 Å². The first-order valence-corrected chi connectivity index (χ1v) is 10.2. The normalized spacial score (nSPS) is 17.9. The van der Waals surface area contributed by atoms with Gasteiger partial charge in [0, 0.05) is 13.1 Å². The fourth-order valence-corrected chi connectivity index (χ4v) is 4.12. The highest BCUT2D eigenvalue weighted by atomic mass is 16.2. The first-order valence-electron chi connectivity index (χ1n) is 10.2. The quantitative estimate of drug-likeness (QED) is 0.661. The van der Waals surface area contributed by atoms with Gasteiger partial charge in [-0.15, -0.1) is 0 Å². The number of carbonyl (C=O) groups is 1. The van der Waals surface area contributed by atoms with E-state index in [2.05, 4.69) is 36.1 Å². The minimum absolute atomic E-state index is 0.190. The van der Waals surface area contributed by atoms with Crippen molar-refractivity contribution < 1.29 is 4.79 Å². The van der Waals surface area contributed by atoms with Crippen molar-refractivity contribution in [2.75, 3.05) is 13.1 Å². The topological polar surface area (TPSA) is 20.3 Å². The van der Waals surface area contributed by atoms with Crippen LogP contribution in [0.25, 0.3) is 0 Å². The lowest BCUT2D eigenvalue weighted by Crippen LogP contribution is -2.36. The summed E-state index contributed by atoms with van der Waals surface area (Å²) in [5, 5.41) is 0. The van der Waals surface area contributed by atoms with Crippen LogP contribution >= 0.6 is 0 Å². The largest absolute Gasteiger partial charge is 0.342 e. The standard InChI is InChI=1S/C24H31NO/c1-2-3-11-20-12-10-18-25(19-17-20)24(26)23(21-13-6-4-7-14-21)22-15-8-5-9-16-22/h4-9,13-16,20,23H,2-3,10-12,17-19H2,1H3.